The minimum absolute atomic E-state index is 0.411. The Hall–Kier alpha value is -3.34. The number of aryl methyl sites for hydroxylation is 2. The highest BCUT2D eigenvalue weighted by atomic mass is 16.3. The topological polar surface area (TPSA) is 84.9 Å². The maximum atomic E-state index is 7.55. The zero-order chi connectivity index (χ0) is 19.6. The first-order valence-electron chi connectivity index (χ1n) is 8.79. The van der Waals surface area contributed by atoms with Crippen molar-refractivity contribution in [3.8, 4) is 22.6 Å². The lowest BCUT2D eigenvalue weighted by molar-refractivity contribution is 0.596. The average molecular weight is 360 g/mol. The van der Waals surface area contributed by atoms with Crippen LogP contribution in [-0.2, 0) is 0 Å². The fourth-order valence-corrected chi connectivity index (χ4v) is 3.10. The van der Waals surface area contributed by atoms with Gasteiger partial charge in [0.1, 0.15) is 11.5 Å². The molecule has 0 amide bonds. The Morgan fingerprint density at radius 1 is 0.704 bits per heavy atom. The molecule has 3 aromatic rings. The van der Waals surface area contributed by atoms with E-state index in [-0.39, 0.29) is 0 Å². The minimum atomic E-state index is 0.411. The molecule has 0 fully saturated rings. The summed E-state index contributed by atoms with van der Waals surface area (Å²) in [6.07, 6.45) is 0. The van der Waals surface area contributed by atoms with Crippen LogP contribution in [0.1, 0.15) is 25.0 Å². The lowest BCUT2D eigenvalue weighted by Gasteiger charge is -2.09. The Balaban J connectivity index is 1.89. The summed E-state index contributed by atoms with van der Waals surface area (Å²) in [7, 11) is 0. The molecule has 0 atom stereocenters. The Morgan fingerprint density at radius 3 is 1.44 bits per heavy atom. The summed E-state index contributed by atoms with van der Waals surface area (Å²) in [5, 5.41) is 21.1. The Labute approximate surface area is 159 Å². The molecule has 0 aliphatic heterocycles. The SMILES string of the molecule is CC(=N)Nc1ccc(-c2ccc(-c3ccc(NC(C)=N)cc3C)o2)c(C)c1. The molecule has 0 unspecified atom stereocenters. The van der Waals surface area contributed by atoms with E-state index in [0.29, 0.717) is 11.7 Å². The maximum absolute atomic E-state index is 7.55. The zero-order valence-electron chi connectivity index (χ0n) is 16.0. The summed E-state index contributed by atoms with van der Waals surface area (Å²) in [5.74, 6) is 2.46. The lowest BCUT2D eigenvalue weighted by Crippen LogP contribution is -2.04. The third kappa shape index (κ3) is 4.26. The fraction of sp³-hybridized carbons (Fsp3) is 0.182. The number of anilines is 2. The molecule has 4 N–H and O–H groups in total. The summed E-state index contributed by atoms with van der Waals surface area (Å²) in [5.41, 5.74) is 6.03. The van der Waals surface area contributed by atoms with Crippen molar-refractivity contribution in [3.05, 3.63) is 59.7 Å². The van der Waals surface area contributed by atoms with Gasteiger partial charge in [0.05, 0.1) is 11.7 Å². The van der Waals surface area contributed by atoms with Gasteiger partial charge in [-0.3, -0.25) is 10.8 Å². The van der Waals surface area contributed by atoms with Gasteiger partial charge in [-0.25, -0.2) is 0 Å². The van der Waals surface area contributed by atoms with Gasteiger partial charge in [-0.1, -0.05) is 0 Å². The molecule has 0 aliphatic carbocycles. The number of benzene rings is 2. The molecule has 27 heavy (non-hydrogen) atoms. The molecule has 5 nitrogen and oxygen atoms in total. The number of furan rings is 1. The summed E-state index contributed by atoms with van der Waals surface area (Å²) >= 11 is 0. The van der Waals surface area contributed by atoms with E-state index in [1.807, 2.05) is 62.4 Å². The molecule has 0 radical (unpaired) electrons. The molecule has 138 valence electrons. The molecule has 0 saturated carbocycles. The van der Waals surface area contributed by atoms with Crippen molar-refractivity contribution < 1.29 is 4.42 Å². The molecule has 5 heteroatoms. The van der Waals surface area contributed by atoms with Crippen LogP contribution in [0.5, 0.6) is 0 Å². The van der Waals surface area contributed by atoms with E-state index in [0.717, 1.165) is 45.1 Å². The van der Waals surface area contributed by atoms with Gasteiger partial charge >= 0.3 is 0 Å². The van der Waals surface area contributed by atoms with Gasteiger partial charge < -0.3 is 15.1 Å². The average Bonchev–Trinajstić information content (AvgIpc) is 3.03. The van der Waals surface area contributed by atoms with Gasteiger partial charge in [0.2, 0.25) is 0 Å². The molecule has 1 heterocycles. The van der Waals surface area contributed by atoms with E-state index in [2.05, 4.69) is 10.6 Å². The van der Waals surface area contributed by atoms with Crippen LogP contribution in [0.3, 0.4) is 0 Å². The van der Waals surface area contributed by atoms with Crippen molar-refractivity contribution in [1.82, 2.24) is 0 Å². The highest BCUT2D eigenvalue weighted by molar-refractivity contribution is 5.92. The van der Waals surface area contributed by atoms with Gasteiger partial charge in [0.15, 0.2) is 0 Å². The third-order valence-corrected chi connectivity index (χ3v) is 4.25. The van der Waals surface area contributed by atoms with Crippen LogP contribution < -0.4 is 10.6 Å². The molecule has 2 aromatic carbocycles. The first-order valence-corrected chi connectivity index (χ1v) is 8.79. The summed E-state index contributed by atoms with van der Waals surface area (Å²) in [4.78, 5) is 0. The minimum Gasteiger partial charge on any atom is -0.456 e. The monoisotopic (exact) mass is 360 g/mol. The number of nitrogens with one attached hydrogen (secondary N) is 4. The van der Waals surface area contributed by atoms with E-state index in [4.69, 9.17) is 15.2 Å². The van der Waals surface area contributed by atoms with E-state index in [9.17, 15) is 0 Å². The van der Waals surface area contributed by atoms with E-state index < -0.39 is 0 Å². The molecule has 3 rings (SSSR count). The number of hydrogen-bond donors (Lipinski definition) is 4. The molecule has 0 bridgehead atoms. The van der Waals surface area contributed by atoms with Gasteiger partial charge in [-0.05, 0) is 87.4 Å². The summed E-state index contributed by atoms with van der Waals surface area (Å²) in [6.45, 7) is 7.50. The molecule has 0 saturated heterocycles. The van der Waals surface area contributed by atoms with E-state index in [1.54, 1.807) is 13.8 Å². The summed E-state index contributed by atoms with van der Waals surface area (Å²) in [6, 6.07) is 15.9. The zero-order valence-corrected chi connectivity index (χ0v) is 16.0. The second-order valence-corrected chi connectivity index (χ2v) is 6.72. The van der Waals surface area contributed by atoms with E-state index >= 15 is 0 Å². The largest absolute Gasteiger partial charge is 0.456 e. The van der Waals surface area contributed by atoms with Gasteiger partial charge in [-0.15, -0.1) is 0 Å². The molecular weight excluding hydrogens is 336 g/mol. The smallest absolute Gasteiger partial charge is 0.135 e. The molecule has 1 aromatic heterocycles. The van der Waals surface area contributed by atoms with Crippen LogP contribution in [0.4, 0.5) is 11.4 Å². The van der Waals surface area contributed by atoms with Crippen molar-refractivity contribution >= 4 is 23.0 Å². The number of amidine groups is 2. The van der Waals surface area contributed by atoms with Crippen molar-refractivity contribution in [1.29, 1.82) is 10.8 Å². The molecule has 0 spiro atoms. The second-order valence-electron chi connectivity index (χ2n) is 6.72. The first-order chi connectivity index (χ1) is 12.8. The standard InChI is InChI=1S/C22H24N4O/c1-13-11-17(25-15(3)23)5-7-19(13)21-9-10-22(27-21)20-8-6-18(12-14(20)2)26-16(4)24/h5-12H,1-4H3,(H2,23,25)(H2,24,26). The highest BCUT2D eigenvalue weighted by Gasteiger charge is 2.12. The van der Waals surface area contributed by atoms with Crippen LogP contribution in [0, 0.1) is 24.7 Å². The van der Waals surface area contributed by atoms with Crippen LogP contribution >= 0.6 is 0 Å². The quantitative estimate of drug-likeness (QED) is 0.337. The Kier molecular flexibility index (Phi) is 5.12. The van der Waals surface area contributed by atoms with Crippen LogP contribution in [-0.4, -0.2) is 11.7 Å². The van der Waals surface area contributed by atoms with Gasteiger partial charge in [0, 0.05) is 22.5 Å². The Morgan fingerprint density at radius 2 is 1.11 bits per heavy atom. The summed E-state index contributed by atoms with van der Waals surface area (Å²) < 4.78 is 6.13. The molecular formula is C22H24N4O. The van der Waals surface area contributed by atoms with Crippen molar-refractivity contribution in [2.45, 2.75) is 27.7 Å². The van der Waals surface area contributed by atoms with Crippen LogP contribution in [0.2, 0.25) is 0 Å². The fourth-order valence-electron chi connectivity index (χ4n) is 3.10. The first kappa shape index (κ1) is 18.5. The third-order valence-electron chi connectivity index (χ3n) is 4.25. The predicted molar refractivity (Wildman–Crippen MR) is 113 cm³/mol. The number of rotatable bonds is 4. The maximum Gasteiger partial charge on any atom is 0.135 e. The van der Waals surface area contributed by atoms with Crippen LogP contribution in [0.15, 0.2) is 52.9 Å². The van der Waals surface area contributed by atoms with Gasteiger partial charge in [0.25, 0.3) is 0 Å². The normalized spacial score (nSPS) is 10.5. The van der Waals surface area contributed by atoms with Crippen LogP contribution in [0.25, 0.3) is 22.6 Å². The Bertz CT molecular complexity index is 937. The molecule has 0 aliphatic rings. The lowest BCUT2D eigenvalue weighted by atomic mass is 10.1. The second kappa shape index (κ2) is 7.50. The number of hydrogen-bond acceptors (Lipinski definition) is 3. The highest BCUT2D eigenvalue weighted by Crippen LogP contribution is 2.33. The van der Waals surface area contributed by atoms with Crippen molar-refractivity contribution in [2.75, 3.05) is 10.6 Å². The predicted octanol–water partition coefficient (Wildman–Crippen LogP) is 6.05. The van der Waals surface area contributed by atoms with Crippen molar-refractivity contribution in [3.63, 3.8) is 0 Å². The van der Waals surface area contributed by atoms with Gasteiger partial charge in [-0.2, -0.15) is 0 Å². The van der Waals surface area contributed by atoms with E-state index in [1.165, 1.54) is 0 Å². The van der Waals surface area contributed by atoms with Crippen molar-refractivity contribution in [2.24, 2.45) is 0 Å².